The molecule has 82 valence electrons. The Kier molecular flexibility index (Phi) is 3.05. The monoisotopic (exact) mass is 215 g/mol. The van der Waals surface area contributed by atoms with Gasteiger partial charge in [0.1, 0.15) is 5.75 Å². The van der Waals surface area contributed by atoms with Crippen molar-refractivity contribution in [1.82, 2.24) is 4.90 Å². The van der Waals surface area contributed by atoms with Crippen molar-refractivity contribution in [3.05, 3.63) is 54.3 Å². The Bertz CT molecular complexity index is 435. The number of allylic oxidation sites excluding steroid dienone is 3. The minimum absolute atomic E-state index is 0.343. The van der Waals surface area contributed by atoms with E-state index in [0.717, 1.165) is 5.70 Å². The second-order valence-electron chi connectivity index (χ2n) is 3.53. The molecule has 3 nitrogen and oxygen atoms in total. The average Bonchev–Trinajstić information content (AvgIpc) is 2.31. The second-order valence-corrected chi connectivity index (χ2v) is 3.53. The molecule has 0 fully saturated rings. The SMILES string of the molecule is CC1=CC=CCN1C(=O)Oc1ccccc1. The number of carbonyl (C=O) groups excluding carboxylic acids is 1. The summed E-state index contributed by atoms with van der Waals surface area (Å²) < 4.78 is 5.24. The molecule has 2 rings (SSSR count). The first-order chi connectivity index (χ1) is 7.77. The summed E-state index contributed by atoms with van der Waals surface area (Å²) in [4.78, 5) is 13.4. The van der Waals surface area contributed by atoms with Crippen LogP contribution in [0.25, 0.3) is 0 Å². The zero-order valence-corrected chi connectivity index (χ0v) is 9.09. The quantitative estimate of drug-likeness (QED) is 0.720. The fourth-order valence-corrected chi connectivity index (χ4v) is 1.47. The van der Waals surface area contributed by atoms with Gasteiger partial charge in [-0.2, -0.15) is 0 Å². The number of nitrogens with zero attached hydrogens (tertiary/aromatic N) is 1. The van der Waals surface area contributed by atoms with Crippen molar-refractivity contribution in [2.24, 2.45) is 0 Å². The molecule has 0 N–H and O–H groups in total. The van der Waals surface area contributed by atoms with E-state index in [9.17, 15) is 4.79 Å². The molecule has 1 amide bonds. The van der Waals surface area contributed by atoms with E-state index in [0.29, 0.717) is 12.3 Å². The summed E-state index contributed by atoms with van der Waals surface area (Å²) in [7, 11) is 0. The third-order valence-electron chi connectivity index (χ3n) is 2.36. The lowest BCUT2D eigenvalue weighted by molar-refractivity contribution is 0.169. The van der Waals surface area contributed by atoms with Gasteiger partial charge in [-0.25, -0.2) is 4.79 Å². The van der Waals surface area contributed by atoms with Crippen LogP contribution in [0.1, 0.15) is 6.92 Å². The molecule has 1 aliphatic rings. The molecule has 0 aromatic heterocycles. The lowest BCUT2D eigenvalue weighted by Gasteiger charge is -2.22. The molecule has 16 heavy (non-hydrogen) atoms. The predicted molar refractivity (Wildman–Crippen MR) is 62.1 cm³/mol. The molecule has 0 spiro atoms. The van der Waals surface area contributed by atoms with Gasteiger partial charge in [-0.05, 0) is 25.1 Å². The first-order valence-electron chi connectivity index (χ1n) is 5.15. The molecule has 1 heterocycles. The van der Waals surface area contributed by atoms with Crippen LogP contribution in [0.5, 0.6) is 5.75 Å². The summed E-state index contributed by atoms with van der Waals surface area (Å²) in [6.45, 7) is 2.45. The smallest absolute Gasteiger partial charge is 0.410 e. The lowest BCUT2D eigenvalue weighted by Crippen LogP contribution is -2.33. The average molecular weight is 215 g/mol. The van der Waals surface area contributed by atoms with Crippen LogP contribution in [0.4, 0.5) is 4.79 Å². The number of carbonyl (C=O) groups is 1. The molecule has 0 aliphatic carbocycles. The van der Waals surface area contributed by atoms with E-state index in [-0.39, 0.29) is 6.09 Å². The number of hydrogen-bond acceptors (Lipinski definition) is 2. The molecular weight excluding hydrogens is 202 g/mol. The minimum atomic E-state index is -0.343. The standard InChI is InChI=1S/C13H13NO2/c1-11-7-5-6-10-14(11)13(15)16-12-8-3-2-4-9-12/h2-9H,10H2,1H3. The number of hydrogen-bond donors (Lipinski definition) is 0. The fraction of sp³-hybridized carbons (Fsp3) is 0.154. The normalized spacial score (nSPS) is 14.6. The Labute approximate surface area is 94.6 Å². The van der Waals surface area contributed by atoms with Gasteiger partial charge in [0.25, 0.3) is 0 Å². The summed E-state index contributed by atoms with van der Waals surface area (Å²) >= 11 is 0. The van der Waals surface area contributed by atoms with Crippen LogP contribution < -0.4 is 4.74 Å². The Morgan fingerprint density at radius 3 is 2.75 bits per heavy atom. The molecule has 3 heteroatoms. The van der Waals surface area contributed by atoms with Gasteiger partial charge in [-0.3, -0.25) is 4.90 Å². The molecule has 0 saturated heterocycles. The van der Waals surface area contributed by atoms with Crippen molar-refractivity contribution in [2.45, 2.75) is 6.92 Å². The van der Waals surface area contributed by atoms with Crippen LogP contribution in [-0.4, -0.2) is 17.5 Å². The summed E-state index contributed by atoms with van der Waals surface area (Å²) in [6, 6.07) is 9.07. The van der Waals surface area contributed by atoms with Crippen molar-refractivity contribution in [3.8, 4) is 5.75 Å². The maximum atomic E-state index is 11.8. The topological polar surface area (TPSA) is 29.5 Å². The van der Waals surface area contributed by atoms with Crippen molar-refractivity contribution in [3.63, 3.8) is 0 Å². The molecule has 0 unspecified atom stereocenters. The Hall–Kier alpha value is -2.03. The largest absolute Gasteiger partial charge is 0.419 e. The first kappa shape index (κ1) is 10.5. The van der Waals surface area contributed by atoms with E-state index in [4.69, 9.17) is 4.74 Å². The van der Waals surface area contributed by atoms with Gasteiger partial charge in [0.15, 0.2) is 0 Å². The Morgan fingerprint density at radius 2 is 2.06 bits per heavy atom. The second kappa shape index (κ2) is 4.66. The van der Waals surface area contributed by atoms with E-state index in [1.807, 2.05) is 43.4 Å². The summed E-state index contributed by atoms with van der Waals surface area (Å²) in [6.07, 6.45) is 5.39. The van der Waals surface area contributed by atoms with Crippen LogP contribution in [0.3, 0.4) is 0 Å². The van der Waals surface area contributed by atoms with Crippen LogP contribution in [0.15, 0.2) is 54.3 Å². The highest BCUT2D eigenvalue weighted by atomic mass is 16.6. The van der Waals surface area contributed by atoms with E-state index < -0.39 is 0 Å². The van der Waals surface area contributed by atoms with Crippen molar-refractivity contribution >= 4 is 6.09 Å². The van der Waals surface area contributed by atoms with Crippen molar-refractivity contribution in [2.75, 3.05) is 6.54 Å². The Morgan fingerprint density at radius 1 is 1.31 bits per heavy atom. The zero-order chi connectivity index (χ0) is 11.4. The van der Waals surface area contributed by atoms with Crippen LogP contribution in [0, 0.1) is 0 Å². The molecule has 0 atom stereocenters. The summed E-state index contributed by atoms with van der Waals surface area (Å²) in [5.74, 6) is 0.565. The molecular formula is C13H13NO2. The highest BCUT2D eigenvalue weighted by molar-refractivity contribution is 5.73. The van der Waals surface area contributed by atoms with Gasteiger partial charge in [0.2, 0.25) is 0 Å². The molecule has 1 aromatic carbocycles. The maximum absolute atomic E-state index is 11.8. The van der Waals surface area contributed by atoms with Gasteiger partial charge in [-0.15, -0.1) is 0 Å². The van der Waals surface area contributed by atoms with Crippen molar-refractivity contribution in [1.29, 1.82) is 0 Å². The minimum Gasteiger partial charge on any atom is -0.410 e. The number of ether oxygens (including phenoxy) is 1. The highest BCUT2D eigenvalue weighted by Gasteiger charge is 2.17. The molecule has 1 aliphatic heterocycles. The number of para-hydroxylation sites is 1. The molecule has 0 saturated carbocycles. The third kappa shape index (κ3) is 2.31. The van der Waals surface area contributed by atoms with Gasteiger partial charge in [0.05, 0.1) is 0 Å². The van der Waals surface area contributed by atoms with E-state index >= 15 is 0 Å². The summed E-state index contributed by atoms with van der Waals surface area (Å²) in [5.41, 5.74) is 0.892. The number of rotatable bonds is 1. The van der Waals surface area contributed by atoms with Gasteiger partial charge in [-0.1, -0.05) is 30.4 Å². The first-order valence-corrected chi connectivity index (χ1v) is 5.15. The number of benzene rings is 1. The van der Waals surface area contributed by atoms with E-state index in [2.05, 4.69) is 0 Å². The fourth-order valence-electron chi connectivity index (χ4n) is 1.47. The molecule has 1 aromatic rings. The zero-order valence-electron chi connectivity index (χ0n) is 9.09. The highest BCUT2D eigenvalue weighted by Crippen LogP contribution is 2.14. The van der Waals surface area contributed by atoms with E-state index in [1.54, 1.807) is 17.0 Å². The number of amides is 1. The van der Waals surface area contributed by atoms with E-state index in [1.165, 1.54) is 0 Å². The molecule has 0 radical (unpaired) electrons. The lowest BCUT2D eigenvalue weighted by atomic mass is 10.3. The van der Waals surface area contributed by atoms with Crippen LogP contribution >= 0.6 is 0 Å². The van der Waals surface area contributed by atoms with Gasteiger partial charge >= 0.3 is 6.09 Å². The predicted octanol–water partition coefficient (Wildman–Crippen LogP) is 2.96. The van der Waals surface area contributed by atoms with Gasteiger partial charge < -0.3 is 4.74 Å². The van der Waals surface area contributed by atoms with Crippen molar-refractivity contribution < 1.29 is 9.53 Å². The van der Waals surface area contributed by atoms with Crippen LogP contribution in [-0.2, 0) is 0 Å². The van der Waals surface area contributed by atoms with Crippen LogP contribution in [0.2, 0.25) is 0 Å². The Balaban J connectivity index is 2.04. The third-order valence-corrected chi connectivity index (χ3v) is 2.36. The summed E-state index contributed by atoms with van der Waals surface area (Å²) in [5, 5.41) is 0. The maximum Gasteiger partial charge on any atom is 0.419 e. The van der Waals surface area contributed by atoms with Gasteiger partial charge in [0, 0.05) is 12.2 Å². The molecule has 0 bridgehead atoms.